The molecule has 2 aromatic heterocycles. The minimum Gasteiger partial charge on any atom is -0.457 e. The van der Waals surface area contributed by atoms with Crippen LogP contribution in [0.3, 0.4) is 0 Å². The van der Waals surface area contributed by atoms with Crippen LogP contribution in [0.2, 0.25) is 0 Å². The SMILES string of the molecule is Cc1cccc(NC(=O)Nc2ccc(Oc3ccnc(-c4cc(C(O)N5CCCC(O)C5)c[nH]4)c3)cc2F)c1. The lowest BCUT2D eigenvalue weighted by Crippen LogP contribution is -2.40. The average Bonchev–Trinajstić information content (AvgIpc) is 3.41. The zero-order valence-corrected chi connectivity index (χ0v) is 21.4. The van der Waals surface area contributed by atoms with Crippen molar-refractivity contribution in [3.63, 3.8) is 0 Å². The molecule has 10 heteroatoms. The zero-order valence-electron chi connectivity index (χ0n) is 21.4. The number of hydrogen-bond acceptors (Lipinski definition) is 6. The number of aromatic nitrogens is 2. The van der Waals surface area contributed by atoms with Crippen molar-refractivity contribution < 1.29 is 24.1 Å². The maximum Gasteiger partial charge on any atom is 0.323 e. The van der Waals surface area contributed by atoms with Crippen molar-refractivity contribution in [1.29, 1.82) is 0 Å². The lowest BCUT2D eigenvalue weighted by atomic mass is 10.1. The number of carbonyl (C=O) groups is 1. The van der Waals surface area contributed by atoms with Gasteiger partial charge in [0.15, 0.2) is 0 Å². The van der Waals surface area contributed by atoms with Crippen LogP contribution in [-0.2, 0) is 0 Å². The number of aliphatic hydroxyl groups is 2. The third-order valence-corrected chi connectivity index (χ3v) is 6.49. The van der Waals surface area contributed by atoms with Crippen LogP contribution in [0.4, 0.5) is 20.6 Å². The van der Waals surface area contributed by atoms with E-state index in [0.29, 0.717) is 41.5 Å². The lowest BCUT2D eigenvalue weighted by molar-refractivity contribution is -0.0455. The van der Waals surface area contributed by atoms with Crippen LogP contribution in [-0.4, -0.2) is 50.3 Å². The van der Waals surface area contributed by atoms with Crippen molar-refractivity contribution in [3.05, 3.63) is 90.0 Å². The van der Waals surface area contributed by atoms with Gasteiger partial charge < -0.3 is 30.6 Å². The maximum atomic E-state index is 14.7. The van der Waals surface area contributed by atoms with Gasteiger partial charge in [-0.25, -0.2) is 9.18 Å². The van der Waals surface area contributed by atoms with E-state index in [9.17, 15) is 19.4 Å². The Morgan fingerprint density at radius 1 is 1.15 bits per heavy atom. The van der Waals surface area contributed by atoms with Gasteiger partial charge in [0.2, 0.25) is 0 Å². The second-order valence-corrected chi connectivity index (χ2v) is 9.58. The molecule has 202 valence electrons. The highest BCUT2D eigenvalue weighted by Gasteiger charge is 2.25. The van der Waals surface area contributed by atoms with Crippen LogP contribution < -0.4 is 15.4 Å². The molecule has 1 fully saturated rings. The standard InChI is InChI=1S/C29H30FN5O4/c1-18-4-2-5-20(12-18)33-29(38)34-25-8-7-22(14-24(25)30)39-23-9-10-31-27(15-23)26-13-19(16-32-26)28(37)35-11-3-6-21(36)17-35/h2,4-5,7-10,12-16,21,28,32,36-37H,3,6,11,17H2,1H3,(H2,33,34,38). The van der Waals surface area contributed by atoms with Crippen LogP contribution in [0.25, 0.3) is 11.4 Å². The number of amides is 2. The number of aryl methyl sites for hydroxylation is 1. The van der Waals surface area contributed by atoms with Crippen LogP contribution in [0.1, 0.15) is 30.2 Å². The van der Waals surface area contributed by atoms with E-state index in [-0.39, 0.29) is 11.4 Å². The maximum absolute atomic E-state index is 14.7. The van der Waals surface area contributed by atoms with Crippen LogP contribution in [0.5, 0.6) is 11.5 Å². The molecule has 2 amide bonds. The van der Waals surface area contributed by atoms with E-state index < -0.39 is 24.2 Å². The fourth-order valence-electron chi connectivity index (χ4n) is 4.55. The number of anilines is 2. The van der Waals surface area contributed by atoms with Crippen molar-refractivity contribution in [2.24, 2.45) is 0 Å². The third-order valence-electron chi connectivity index (χ3n) is 6.49. The predicted molar refractivity (Wildman–Crippen MR) is 146 cm³/mol. The summed E-state index contributed by atoms with van der Waals surface area (Å²) in [7, 11) is 0. The first-order valence-corrected chi connectivity index (χ1v) is 12.7. The molecule has 1 aliphatic rings. The van der Waals surface area contributed by atoms with E-state index in [1.165, 1.54) is 12.1 Å². The molecule has 2 aromatic carbocycles. The van der Waals surface area contributed by atoms with E-state index >= 15 is 0 Å². The summed E-state index contributed by atoms with van der Waals surface area (Å²) < 4.78 is 20.6. The molecule has 1 aliphatic heterocycles. The van der Waals surface area contributed by atoms with Crippen LogP contribution >= 0.6 is 0 Å². The second kappa shape index (κ2) is 11.6. The number of piperidine rings is 1. The molecule has 2 unspecified atom stereocenters. The highest BCUT2D eigenvalue weighted by Crippen LogP contribution is 2.30. The minimum absolute atomic E-state index is 0.0154. The van der Waals surface area contributed by atoms with Gasteiger partial charge in [-0.05, 0) is 61.7 Å². The highest BCUT2D eigenvalue weighted by atomic mass is 19.1. The number of urea groups is 1. The number of aromatic amines is 1. The van der Waals surface area contributed by atoms with Gasteiger partial charge in [0.1, 0.15) is 23.5 Å². The molecule has 0 saturated carbocycles. The number of carbonyl (C=O) groups excluding carboxylic acids is 1. The summed E-state index contributed by atoms with van der Waals surface area (Å²) in [6.45, 7) is 3.05. The molecule has 0 radical (unpaired) electrons. The van der Waals surface area contributed by atoms with Crippen molar-refractivity contribution in [2.75, 3.05) is 23.7 Å². The summed E-state index contributed by atoms with van der Waals surface area (Å²) in [5.41, 5.74) is 3.54. The Bertz CT molecular complexity index is 1460. The second-order valence-electron chi connectivity index (χ2n) is 9.58. The molecule has 9 nitrogen and oxygen atoms in total. The predicted octanol–water partition coefficient (Wildman–Crippen LogP) is 5.41. The Morgan fingerprint density at radius 3 is 2.79 bits per heavy atom. The van der Waals surface area contributed by atoms with E-state index in [0.717, 1.165) is 18.4 Å². The van der Waals surface area contributed by atoms with Crippen LogP contribution in [0, 0.1) is 12.7 Å². The molecule has 5 N–H and O–H groups in total. The summed E-state index contributed by atoms with van der Waals surface area (Å²) >= 11 is 0. The van der Waals surface area contributed by atoms with Gasteiger partial charge in [-0.1, -0.05) is 12.1 Å². The summed E-state index contributed by atoms with van der Waals surface area (Å²) in [6, 6.07) is 16.1. The zero-order chi connectivity index (χ0) is 27.4. The van der Waals surface area contributed by atoms with E-state index in [4.69, 9.17) is 4.74 Å². The van der Waals surface area contributed by atoms with Gasteiger partial charge in [-0.2, -0.15) is 0 Å². The molecule has 2 atom stereocenters. The van der Waals surface area contributed by atoms with E-state index in [2.05, 4.69) is 20.6 Å². The molecule has 39 heavy (non-hydrogen) atoms. The summed E-state index contributed by atoms with van der Waals surface area (Å²) in [5.74, 6) is 0.0423. The van der Waals surface area contributed by atoms with Crippen molar-refractivity contribution in [1.82, 2.24) is 14.9 Å². The number of ether oxygens (including phenoxy) is 1. The van der Waals surface area contributed by atoms with Crippen molar-refractivity contribution in [3.8, 4) is 22.9 Å². The largest absolute Gasteiger partial charge is 0.457 e. The Morgan fingerprint density at radius 2 is 2.00 bits per heavy atom. The summed E-state index contributed by atoms with van der Waals surface area (Å²) in [4.78, 5) is 21.6. The molecular weight excluding hydrogens is 501 g/mol. The smallest absolute Gasteiger partial charge is 0.323 e. The molecule has 5 rings (SSSR count). The number of H-pyrrole nitrogens is 1. The van der Waals surface area contributed by atoms with Gasteiger partial charge in [0.25, 0.3) is 0 Å². The Kier molecular flexibility index (Phi) is 7.87. The molecule has 0 aliphatic carbocycles. The first-order chi connectivity index (χ1) is 18.8. The van der Waals surface area contributed by atoms with Gasteiger partial charge in [0, 0.05) is 48.9 Å². The number of β-amino-alcohol motifs (C(OH)–C–C–N with tert-alkyl or cyclic N) is 1. The lowest BCUT2D eigenvalue weighted by Gasteiger charge is -2.33. The fraction of sp³-hybridized carbons (Fsp3) is 0.241. The van der Waals surface area contributed by atoms with Gasteiger partial charge >= 0.3 is 6.03 Å². The normalized spacial score (nSPS) is 16.5. The Labute approximate surface area is 225 Å². The number of pyridine rings is 1. The minimum atomic E-state index is -0.835. The number of nitrogens with one attached hydrogen (secondary N) is 3. The highest BCUT2D eigenvalue weighted by molar-refractivity contribution is 5.99. The molecule has 4 aromatic rings. The molecule has 0 spiro atoms. The summed E-state index contributed by atoms with van der Waals surface area (Å²) in [6.07, 6.45) is 3.59. The number of aliphatic hydroxyl groups excluding tert-OH is 2. The molecule has 3 heterocycles. The van der Waals surface area contributed by atoms with E-state index in [1.807, 2.05) is 30.0 Å². The molecule has 1 saturated heterocycles. The average molecular weight is 532 g/mol. The quantitative estimate of drug-likeness (QED) is 0.217. The first kappa shape index (κ1) is 26.4. The van der Waals surface area contributed by atoms with Gasteiger partial charge in [0.05, 0.1) is 23.2 Å². The Hall–Kier alpha value is -4.25. The number of nitrogens with zero attached hydrogens (tertiary/aromatic N) is 2. The number of benzene rings is 2. The Balaban J connectivity index is 1.23. The van der Waals surface area contributed by atoms with Gasteiger partial charge in [-0.15, -0.1) is 0 Å². The van der Waals surface area contributed by atoms with Crippen molar-refractivity contribution in [2.45, 2.75) is 32.1 Å². The van der Waals surface area contributed by atoms with Crippen LogP contribution in [0.15, 0.2) is 73.1 Å². The number of hydrogen-bond donors (Lipinski definition) is 5. The van der Waals surface area contributed by atoms with E-state index in [1.54, 1.807) is 42.7 Å². The number of halogens is 1. The summed E-state index contributed by atoms with van der Waals surface area (Å²) in [5, 5.41) is 25.8. The fourth-order valence-corrected chi connectivity index (χ4v) is 4.55. The third kappa shape index (κ3) is 6.61. The monoisotopic (exact) mass is 531 g/mol. The molecular formula is C29H30FN5O4. The number of likely N-dealkylation sites (tertiary alicyclic amines) is 1. The first-order valence-electron chi connectivity index (χ1n) is 12.7. The number of rotatable bonds is 7. The molecule has 0 bridgehead atoms. The van der Waals surface area contributed by atoms with Crippen molar-refractivity contribution >= 4 is 17.4 Å². The topological polar surface area (TPSA) is 123 Å². The van der Waals surface area contributed by atoms with Gasteiger partial charge in [-0.3, -0.25) is 9.88 Å².